The highest BCUT2D eigenvalue weighted by Gasteiger charge is 2.39. The van der Waals surface area contributed by atoms with Crippen molar-refractivity contribution in [3.05, 3.63) is 85.2 Å². The monoisotopic (exact) mass is 278 g/mol. The van der Waals surface area contributed by atoms with Crippen LogP contribution in [-0.2, 0) is 0 Å². The van der Waals surface area contributed by atoms with Crippen LogP contribution in [0.5, 0.6) is 0 Å². The molecule has 2 heteroatoms. The molecule has 1 aromatic heterocycles. The summed E-state index contributed by atoms with van der Waals surface area (Å²) in [6, 6.07) is 25.9. The lowest BCUT2D eigenvalue weighted by atomic mass is 10.4. The molecule has 1 heterocycles. The van der Waals surface area contributed by atoms with E-state index >= 15 is 0 Å². The molecular weight excluding hydrogens is 261 g/mol. The maximum absolute atomic E-state index is 4.16. The fourth-order valence-corrected chi connectivity index (χ4v) is 5.70. The van der Waals surface area contributed by atoms with E-state index in [2.05, 4.69) is 84.4 Å². The molecule has 0 spiro atoms. The first kappa shape index (κ1) is 13.0. The number of nitrogens with zero attached hydrogens (tertiary/aromatic N) is 1. The van der Waals surface area contributed by atoms with Crippen molar-refractivity contribution in [1.29, 1.82) is 0 Å². The van der Waals surface area contributed by atoms with Gasteiger partial charge in [0.2, 0.25) is 0 Å². The van der Waals surface area contributed by atoms with Crippen LogP contribution < -0.4 is 15.9 Å². The second-order valence-corrected chi connectivity index (χ2v) is 8.44. The van der Waals surface area contributed by atoms with E-state index in [9.17, 15) is 0 Å². The summed E-state index contributed by atoms with van der Waals surface area (Å²) in [7, 11) is -1.57. The van der Waals surface area contributed by atoms with Crippen molar-refractivity contribution in [1.82, 2.24) is 4.98 Å². The largest absolute Gasteiger partial charge is 0.264 e. The summed E-state index contributed by atoms with van der Waals surface area (Å²) in [6.45, 7) is 2.38. The molecule has 0 N–H and O–H groups in total. The SMILES string of the molecule is C[P+](c1ccccc1)(c1ccccc1)c1ccncc1. The smallest absolute Gasteiger partial charge is 0.109 e. The first-order valence-electron chi connectivity index (χ1n) is 6.70. The molecule has 0 bridgehead atoms. The number of hydrogen-bond acceptors (Lipinski definition) is 1. The van der Waals surface area contributed by atoms with E-state index < -0.39 is 7.26 Å². The molecule has 0 unspecified atom stereocenters. The van der Waals surface area contributed by atoms with Crippen molar-refractivity contribution in [2.24, 2.45) is 0 Å². The van der Waals surface area contributed by atoms with Gasteiger partial charge in [-0.25, -0.2) is 0 Å². The van der Waals surface area contributed by atoms with Gasteiger partial charge in [-0.05, 0) is 36.4 Å². The van der Waals surface area contributed by atoms with Gasteiger partial charge in [-0.1, -0.05) is 36.4 Å². The number of hydrogen-bond donors (Lipinski definition) is 0. The minimum atomic E-state index is -1.57. The van der Waals surface area contributed by atoms with E-state index in [4.69, 9.17) is 0 Å². The Kier molecular flexibility index (Phi) is 3.62. The van der Waals surface area contributed by atoms with E-state index in [-0.39, 0.29) is 0 Å². The van der Waals surface area contributed by atoms with Crippen LogP contribution in [0, 0.1) is 0 Å². The van der Waals surface area contributed by atoms with Gasteiger partial charge in [0.05, 0.1) is 6.66 Å². The molecule has 1 nitrogen and oxygen atoms in total. The van der Waals surface area contributed by atoms with Gasteiger partial charge >= 0.3 is 0 Å². The Balaban J connectivity index is 2.24. The first-order valence-corrected chi connectivity index (χ1v) is 8.94. The molecule has 0 aliphatic rings. The quantitative estimate of drug-likeness (QED) is 0.671. The third kappa shape index (κ3) is 2.26. The molecule has 0 fully saturated rings. The van der Waals surface area contributed by atoms with E-state index in [1.54, 1.807) is 0 Å². The highest BCUT2D eigenvalue weighted by molar-refractivity contribution is 7.95. The molecule has 3 aromatic rings. The van der Waals surface area contributed by atoms with Gasteiger partial charge in [0.25, 0.3) is 0 Å². The van der Waals surface area contributed by atoms with Gasteiger partial charge in [0.15, 0.2) is 0 Å². The van der Waals surface area contributed by atoms with Crippen LogP contribution in [0.4, 0.5) is 0 Å². The Morgan fingerprint density at radius 3 is 1.45 bits per heavy atom. The molecule has 0 aliphatic heterocycles. The van der Waals surface area contributed by atoms with Gasteiger partial charge < -0.3 is 0 Å². The summed E-state index contributed by atoms with van der Waals surface area (Å²) in [4.78, 5) is 4.16. The summed E-state index contributed by atoms with van der Waals surface area (Å²) in [6.07, 6.45) is 3.78. The summed E-state index contributed by atoms with van der Waals surface area (Å²) in [5.41, 5.74) is 0. The molecule has 3 rings (SSSR count). The minimum Gasteiger partial charge on any atom is -0.264 e. The van der Waals surface area contributed by atoms with Crippen molar-refractivity contribution in [2.75, 3.05) is 6.66 Å². The highest BCUT2D eigenvalue weighted by Crippen LogP contribution is 2.51. The molecular formula is C18H17NP+. The zero-order valence-corrected chi connectivity index (χ0v) is 12.4. The van der Waals surface area contributed by atoms with E-state index in [0.29, 0.717) is 0 Å². The fraction of sp³-hybridized carbons (Fsp3) is 0.0556. The van der Waals surface area contributed by atoms with E-state index in [1.165, 1.54) is 15.9 Å². The molecule has 0 saturated carbocycles. The summed E-state index contributed by atoms with van der Waals surface area (Å²) >= 11 is 0. The second kappa shape index (κ2) is 5.56. The molecule has 0 amide bonds. The third-order valence-corrected chi connectivity index (χ3v) is 7.72. The van der Waals surface area contributed by atoms with Crippen LogP contribution >= 0.6 is 7.26 Å². The molecule has 0 atom stereocenters. The van der Waals surface area contributed by atoms with Crippen molar-refractivity contribution in [3.63, 3.8) is 0 Å². The van der Waals surface area contributed by atoms with Crippen LogP contribution in [0.25, 0.3) is 0 Å². The van der Waals surface area contributed by atoms with Crippen molar-refractivity contribution >= 4 is 23.2 Å². The molecule has 0 aliphatic carbocycles. The van der Waals surface area contributed by atoms with Crippen molar-refractivity contribution < 1.29 is 0 Å². The zero-order chi connectivity index (χ0) is 13.8. The van der Waals surface area contributed by atoms with Gasteiger partial charge in [-0.3, -0.25) is 4.98 Å². The lowest BCUT2D eigenvalue weighted by Gasteiger charge is -2.22. The Bertz CT molecular complexity index is 569. The lowest BCUT2D eigenvalue weighted by Crippen LogP contribution is -2.30. The summed E-state index contributed by atoms with van der Waals surface area (Å²) in [5, 5.41) is 4.17. The number of aromatic nitrogens is 1. The standard InChI is InChI=1S/C18H17NP/c1-20(16-8-4-2-5-9-16,17-10-6-3-7-11-17)18-12-14-19-15-13-18/h2-15H,1H3/q+1. The van der Waals surface area contributed by atoms with E-state index in [1.807, 2.05) is 12.4 Å². The second-order valence-electron chi connectivity index (χ2n) is 4.88. The van der Waals surface area contributed by atoms with E-state index in [0.717, 1.165) is 0 Å². The maximum atomic E-state index is 4.16. The fourth-order valence-electron chi connectivity index (χ4n) is 2.54. The number of rotatable bonds is 3. The van der Waals surface area contributed by atoms with Gasteiger partial charge in [-0.15, -0.1) is 0 Å². The van der Waals surface area contributed by atoms with Crippen LogP contribution in [0.1, 0.15) is 0 Å². The Morgan fingerprint density at radius 1 is 0.600 bits per heavy atom. The predicted molar refractivity (Wildman–Crippen MR) is 88.9 cm³/mol. The zero-order valence-electron chi connectivity index (χ0n) is 11.5. The van der Waals surface area contributed by atoms with Crippen LogP contribution in [0.3, 0.4) is 0 Å². The van der Waals surface area contributed by atoms with Crippen molar-refractivity contribution in [2.45, 2.75) is 0 Å². The van der Waals surface area contributed by atoms with Crippen LogP contribution in [0.15, 0.2) is 85.2 Å². The van der Waals surface area contributed by atoms with Crippen LogP contribution in [-0.4, -0.2) is 11.6 Å². The molecule has 98 valence electrons. The molecule has 20 heavy (non-hydrogen) atoms. The summed E-state index contributed by atoms with van der Waals surface area (Å²) in [5.74, 6) is 0. The summed E-state index contributed by atoms with van der Waals surface area (Å²) < 4.78 is 0. The molecule has 0 saturated heterocycles. The first-order chi connectivity index (χ1) is 9.82. The van der Waals surface area contributed by atoms with Gasteiger partial charge in [0.1, 0.15) is 23.2 Å². The number of pyridine rings is 1. The van der Waals surface area contributed by atoms with Crippen molar-refractivity contribution in [3.8, 4) is 0 Å². The Labute approximate surface area is 120 Å². The highest BCUT2D eigenvalue weighted by atomic mass is 31.2. The Hall–Kier alpha value is -1.98. The number of benzene rings is 2. The van der Waals surface area contributed by atoms with Crippen LogP contribution in [0.2, 0.25) is 0 Å². The average molecular weight is 278 g/mol. The topological polar surface area (TPSA) is 12.9 Å². The molecule has 2 aromatic carbocycles. The average Bonchev–Trinajstić information content (AvgIpc) is 2.56. The van der Waals surface area contributed by atoms with Gasteiger partial charge in [-0.2, -0.15) is 0 Å². The Morgan fingerprint density at radius 2 is 1.00 bits per heavy atom. The normalized spacial score (nSPS) is 11.2. The predicted octanol–water partition coefficient (Wildman–Crippen LogP) is 3.01. The third-order valence-electron chi connectivity index (χ3n) is 3.72. The van der Waals surface area contributed by atoms with Gasteiger partial charge in [0, 0.05) is 12.4 Å². The molecule has 0 radical (unpaired) electrons. The lowest BCUT2D eigenvalue weighted by molar-refractivity contribution is 1.34. The maximum Gasteiger partial charge on any atom is 0.109 e. The minimum absolute atomic E-state index is 1.37.